The second-order valence-corrected chi connectivity index (χ2v) is 13.2. The average molecular weight is 637 g/mol. The van der Waals surface area contributed by atoms with E-state index in [1.165, 1.54) is 31.2 Å². The van der Waals surface area contributed by atoms with Crippen molar-refractivity contribution in [3.8, 4) is 0 Å². The van der Waals surface area contributed by atoms with E-state index >= 15 is 0 Å². The Morgan fingerprint density at radius 1 is 0.894 bits per heavy atom. The summed E-state index contributed by atoms with van der Waals surface area (Å²) in [6, 6.07) is 22.9. The lowest BCUT2D eigenvalue weighted by molar-refractivity contribution is -0.137. The average Bonchev–Trinajstić information content (AvgIpc) is 3.06. The second-order valence-electron chi connectivity index (χ2n) is 13.2. The Kier molecular flexibility index (Phi) is 12.5. The van der Waals surface area contributed by atoms with Crippen LogP contribution in [0.5, 0.6) is 0 Å². The molecular weight excluding hydrogens is 588 g/mol. The van der Waals surface area contributed by atoms with Crippen LogP contribution in [-0.4, -0.2) is 41.7 Å². The first-order valence-corrected chi connectivity index (χ1v) is 16.6. The summed E-state index contributed by atoms with van der Waals surface area (Å²) >= 11 is 0. The van der Waals surface area contributed by atoms with Crippen LogP contribution in [0, 0.1) is 0 Å². The number of nitrogens with one attached hydrogen (secondary N) is 3. The van der Waals surface area contributed by atoms with Crippen LogP contribution in [-0.2, 0) is 27.8 Å². The van der Waals surface area contributed by atoms with Crippen molar-refractivity contribution >= 4 is 29.6 Å². The second kappa shape index (κ2) is 16.7. The van der Waals surface area contributed by atoms with Crippen LogP contribution in [0.25, 0.3) is 5.57 Å². The number of allylic oxidation sites excluding steroid dienone is 1. The lowest BCUT2D eigenvalue weighted by atomic mass is 9.86. The molecule has 0 aromatic heterocycles. The lowest BCUT2D eigenvalue weighted by Crippen LogP contribution is -2.48. The number of aryl methyl sites for hydroxylation is 1. The molecule has 8 nitrogen and oxygen atoms in total. The van der Waals surface area contributed by atoms with E-state index in [1.54, 1.807) is 12.1 Å². The van der Waals surface area contributed by atoms with Crippen molar-refractivity contribution in [1.29, 1.82) is 0 Å². The predicted molar refractivity (Wildman–Crippen MR) is 188 cm³/mol. The van der Waals surface area contributed by atoms with Gasteiger partial charge in [-0.25, -0.2) is 0 Å². The molecule has 8 heteroatoms. The maximum absolute atomic E-state index is 13.1. The molecule has 2 atom stereocenters. The van der Waals surface area contributed by atoms with E-state index < -0.39 is 17.9 Å². The molecular formula is C39H48N4O4. The molecule has 0 aliphatic carbocycles. The lowest BCUT2D eigenvalue weighted by Gasteiger charge is -2.21. The van der Waals surface area contributed by atoms with Crippen molar-refractivity contribution < 1.29 is 19.5 Å². The summed E-state index contributed by atoms with van der Waals surface area (Å²) in [4.78, 5) is 41.9. The van der Waals surface area contributed by atoms with Crippen LogP contribution >= 0.6 is 0 Å². The molecule has 0 saturated carbocycles. The molecule has 1 aliphatic heterocycles. The molecule has 47 heavy (non-hydrogen) atoms. The van der Waals surface area contributed by atoms with Gasteiger partial charge in [-0.3, -0.25) is 19.4 Å². The summed E-state index contributed by atoms with van der Waals surface area (Å²) in [6.45, 7) is 8.51. The number of hydrogen-bond acceptors (Lipinski definition) is 5. The molecule has 2 amide bonds. The molecule has 0 saturated heterocycles. The topological polar surface area (TPSA) is 120 Å². The molecule has 3 aromatic rings. The van der Waals surface area contributed by atoms with Gasteiger partial charge in [-0.05, 0) is 58.2 Å². The Hall–Kier alpha value is -4.72. The maximum atomic E-state index is 13.1. The van der Waals surface area contributed by atoms with Gasteiger partial charge in [0.2, 0.25) is 5.91 Å². The number of carboxylic acids is 1. The number of rotatable bonds is 15. The van der Waals surface area contributed by atoms with Crippen LogP contribution < -0.4 is 16.0 Å². The molecule has 248 valence electrons. The van der Waals surface area contributed by atoms with E-state index in [-0.39, 0.29) is 36.9 Å². The van der Waals surface area contributed by atoms with E-state index in [2.05, 4.69) is 67.9 Å². The predicted octanol–water partition coefficient (Wildman–Crippen LogP) is 6.75. The first-order chi connectivity index (χ1) is 22.5. The van der Waals surface area contributed by atoms with Gasteiger partial charge in [-0.1, -0.05) is 108 Å². The number of amides is 2. The van der Waals surface area contributed by atoms with Crippen molar-refractivity contribution in [2.45, 2.75) is 90.3 Å². The van der Waals surface area contributed by atoms with Crippen molar-refractivity contribution in [3.63, 3.8) is 0 Å². The summed E-state index contributed by atoms with van der Waals surface area (Å²) < 4.78 is 0. The van der Waals surface area contributed by atoms with Crippen molar-refractivity contribution in [2.75, 3.05) is 6.54 Å². The van der Waals surface area contributed by atoms with E-state index in [4.69, 9.17) is 10.1 Å². The van der Waals surface area contributed by atoms with Crippen LogP contribution in [0.3, 0.4) is 0 Å². The molecule has 0 radical (unpaired) electrons. The maximum Gasteiger partial charge on any atom is 0.305 e. The minimum atomic E-state index is -1.01. The number of carbonyl (C=O) groups is 3. The highest BCUT2D eigenvalue weighted by Gasteiger charge is 2.23. The zero-order valence-corrected chi connectivity index (χ0v) is 28.0. The van der Waals surface area contributed by atoms with Gasteiger partial charge in [-0.15, -0.1) is 0 Å². The Labute approximate surface area is 278 Å². The van der Waals surface area contributed by atoms with Crippen molar-refractivity contribution in [3.05, 3.63) is 112 Å². The van der Waals surface area contributed by atoms with Crippen molar-refractivity contribution in [2.24, 2.45) is 4.99 Å². The van der Waals surface area contributed by atoms with Crippen LogP contribution in [0.1, 0.15) is 104 Å². The highest BCUT2D eigenvalue weighted by Crippen LogP contribution is 2.24. The number of aliphatic carboxylic acids is 1. The first-order valence-electron chi connectivity index (χ1n) is 16.6. The van der Waals surface area contributed by atoms with Gasteiger partial charge in [0.05, 0.1) is 6.42 Å². The smallest absolute Gasteiger partial charge is 0.305 e. The Morgan fingerprint density at radius 3 is 2.17 bits per heavy atom. The molecule has 4 rings (SSSR count). The Bertz CT molecular complexity index is 1550. The third-order valence-electron chi connectivity index (χ3n) is 8.37. The molecule has 0 fully saturated rings. The molecule has 4 N–H and O–H groups in total. The number of hydrogen-bond donors (Lipinski definition) is 4. The van der Waals surface area contributed by atoms with E-state index in [1.807, 2.05) is 48.8 Å². The molecule has 0 spiro atoms. The number of carboxylic acid groups (broad SMARTS) is 1. The summed E-state index contributed by atoms with van der Waals surface area (Å²) in [5.41, 5.74) is 6.81. The number of benzene rings is 3. The largest absolute Gasteiger partial charge is 0.481 e. The zero-order valence-electron chi connectivity index (χ0n) is 28.0. The van der Waals surface area contributed by atoms with Crippen molar-refractivity contribution in [1.82, 2.24) is 16.0 Å². The molecule has 3 aromatic carbocycles. The van der Waals surface area contributed by atoms with Gasteiger partial charge < -0.3 is 21.1 Å². The SMILES string of the molecule is CCCCCCc1ccc(C2=CNC(c3ccc(C[C@H](NC(=O)c4ccc(C(C)(C)C)cc4)C(=O)NCCC(=O)O)cc3)N=C2)cc1. The minimum Gasteiger partial charge on any atom is -0.481 e. The third kappa shape index (κ3) is 10.7. The summed E-state index contributed by atoms with van der Waals surface area (Å²) in [7, 11) is 0. The third-order valence-corrected chi connectivity index (χ3v) is 8.37. The van der Waals surface area contributed by atoms with E-state index in [0.29, 0.717) is 5.56 Å². The molecule has 1 unspecified atom stereocenters. The van der Waals surface area contributed by atoms with Gasteiger partial charge in [-0.2, -0.15) is 0 Å². The molecule has 1 heterocycles. The number of nitrogens with zero attached hydrogens (tertiary/aromatic N) is 1. The zero-order chi connectivity index (χ0) is 33.8. The Balaban J connectivity index is 1.38. The summed E-state index contributed by atoms with van der Waals surface area (Å²) in [5.74, 6) is -1.81. The highest BCUT2D eigenvalue weighted by atomic mass is 16.4. The summed E-state index contributed by atoms with van der Waals surface area (Å²) in [6.07, 6.45) is 9.82. The van der Waals surface area contributed by atoms with Gasteiger partial charge in [0.15, 0.2) is 0 Å². The van der Waals surface area contributed by atoms with Crippen LogP contribution in [0.15, 0.2) is 84.0 Å². The fourth-order valence-electron chi connectivity index (χ4n) is 5.42. The fraction of sp³-hybridized carbons (Fsp3) is 0.385. The van der Waals surface area contributed by atoms with E-state index in [0.717, 1.165) is 34.2 Å². The quantitative estimate of drug-likeness (QED) is 0.138. The number of unbranched alkanes of at least 4 members (excludes halogenated alkanes) is 3. The molecule has 1 aliphatic rings. The van der Waals surface area contributed by atoms with Gasteiger partial charge in [0.25, 0.3) is 5.91 Å². The monoisotopic (exact) mass is 636 g/mol. The molecule has 0 bridgehead atoms. The minimum absolute atomic E-state index is 0.0240. The van der Waals surface area contributed by atoms with Gasteiger partial charge in [0, 0.05) is 36.5 Å². The van der Waals surface area contributed by atoms with E-state index in [9.17, 15) is 14.4 Å². The summed E-state index contributed by atoms with van der Waals surface area (Å²) in [5, 5.41) is 17.9. The highest BCUT2D eigenvalue weighted by molar-refractivity contribution is 6.10. The van der Waals surface area contributed by atoms with Gasteiger partial charge in [0.1, 0.15) is 12.2 Å². The van der Waals surface area contributed by atoms with Crippen LogP contribution in [0.4, 0.5) is 0 Å². The number of carbonyl (C=O) groups excluding carboxylic acids is 2. The first kappa shape index (κ1) is 35.1. The standard InChI is InChI=1S/C39H48N4O4/c1-5-6-7-8-9-27-10-14-29(15-11-27)32-25-41-36(42-26-32)30-16-12-28(13-17-30)24-34(38(47)40-23-22-35(44)45)43-37(46)31-18-20-33(21-19-31)39(2,3)4/h10-21,25-26,34,36,41H,5-9,22-24H2,1-4H3,(H,40,47)(H,43,46)(H,44,45)/t34-,36?/m0/s1. The number of aliphatic imine (C=N–C) groups is 1. The Morgan fingerprint density at radius 2 is 1.57 bits per heavy atom. The van der Waals surface area contributed by atoms with Crippen LogP contribution in [0.2, 0.25) is 0 Å². The van der Waals surface area contributed by atoms with Gasteiger partial charge >= 0.3 is 5.97 Å². The normalized spacial score (nSPS) is 14.9. The fourth-order valence-corrected chi connectivity index (χ4v) is 5.42.